The standard InChI is InChI=1S/C8H17NO3.ClH/c1-7(2,3)12-5-8(4,9)6(10)11;/h5,9H2,1-4H3,(H,10,11);1H/t8-;/m0./s1. The van der Waals surface area contributed by atoms with Crippen LogP contribution in [0.2, 0.25) is 0 Å². The molecule has 5 heteroatoms. The molecule has 0 rings (SSSR count). The molecule has 0 heterocycles. The van der Waals surface area contributed by atoms with Crippen molar-refractivity contribution in [2.24, 2.45) is 5.73 Å². The van der Waals surface area contributed by atoms with Crippen LogP contribution in [0.1, 0.15) is 27.7 Å². The molecule has 0 spiro atoms. The van der Waals surface area contributed by atoms with Gasteiger partial charge in [-0.3, -0.25) is 4.79 Å². The largest absolute Gasteiger partial charge is 0.480 e. The first-order valence-electron chi connectivity index (χ1n) is 3.81. The van der Waals surface area contributed by atoms with Crippen LogP contribution >= 0.6 is 12.4 Å². The summed E-state index contributed by atoms with van der Waals surface area (Å²) in [7, 11) is 0. The van der Waals surface area contributed by atoms with Crippen molar-refractivity contribution in [1.82, 2.24) is 0 Å². The highest BCUT2D eigenvalue weighted by Gasteiger charge is 2.30. The molecule has 0 bridgehead atoms. The fourth-order valence-electron chi connectivity index (χ4n) is 0.428. The molecule has 1 atom stereocenters. The number of ether oxygens (including phenoxy) is 1. The van der Waals surface area contributed by atoms with Crippen molar-refractivity contribution in [3.8, 4) is 0 Å². The maximum Gasteiger partial charge on any atom is 0.325 e. The number of carboxylic acids is 1. The van der Waals surface area contributed by atoms with Crippen molar-refractivity contribution in [2.75, 3.05) is 6.61 Å². The normalized spacial score (nSPS) is 15.8. The Morgan fingerprint density at radius 3 is 2.00 bits per heavy atom. The highest BCUT2D eigenvalue weighted by molar-refractivity contribution is 5.85. The van der Waals surface area contributed by atoms with Crippen LogP contribution in [-0.4, -0.2) is 28.8 Å². The number of rotatable bonds is 3. The van der Waals surface area contributed by atoms with Gasteiger partial charge in [0.2, 0.25) is 0 Å². The quantitative estimate of drug-likeness (QED) is 0.731. The number of hydrogen-bond donors (Lipinski definition) is 2. The number of carbonyl (C=O) groups is 1. The fraction of sp³-hybridized carbons (Fsp3) is 0.875. The van der Waals surface area contributed by atoms with E-state index in [1.165, 1.54) is 6.92 Å². The van der Waals surface area contributed by atoms with E-state index >= 15 is 0 Å². The third kappa shape index (κ3) is 6.81. The van der Waals surface area contributed by atoms with Gasteiger partial charge in [0, 0.05) is 0 Å². The minimum absolute atomic E-state index is 0. The van der Waals surface area contributed by atoms with Gasteiger partial charge in [-0.2, -0.15) is 0 Å². The lowest BCUT2D eigenvalue weighted by molar-refractivity contribution is -0.147. The van der Waals surface area contributed by atoms with Crippen molar-refractivity contribution >= 4 is 18.4 Å². The van der Waals surface area contributed by atoms with Crippen LogP contribution in [-0.2, 0) is 9.53 Å². The molecule has 13 heavy (non-hydrogen) atoms. The number of halogens is 1. The summed E-state index contributed by atoms with van der Waals surface area (Å²) in [5.74, 6) is -1.05. The van der Waals surface area contributed by atoms with Crippen molar-refractivity contribution in [2.45, 2.75) is 38.8 Å². The molecular formula is C8H18ClNO3. The Morgan fingerprint density at radius 2 is 1.77 bits per heavy atom. The van der Waals surface area contributed by atoms with Gasteiger partial charge < -0.3 is 15.6 Å². The molecule has 0 fully saturated rings. The Hall–Kier alpha value is -0.320. The zero-order valence-electron chi connectivity index (χ0n) is 8.46. The molecule has 0 aromatic carbocycles. The van der Waals surface area contributed by atoms with Crippen LogP contribution in [0.15, 0.2) is 0 Å². The lowest BCUT2D eigenvalue weighted by Crippen LogP contribution is -2.50. The van der Waals surface area contributed by atoms with E-state index in [9.17, 15) is 4.79 Å². The highest BCUT2D eigenvalue weighted by Crippen LogP contribution is 2.10. The summed E-state index contributed by atoms with van der Waals surface area (Å²) >= 11 is 0. The second-order valence-electron chi connectivity index (χ2n) is 4.12. The molecule has 4 nitrogen and oxygen atoms in total. The molecule has 3 N–H and O–H groups in total. The summed E-state index contributed by atoms with van der Waals surface area (Å²) in [4.78, 5) is 10.5. The van der Waals surface area contributed by atoms with Crippen molar-refractivity contribution in [3.05, 3.63) is 0 Å². The van der Waals surface area contributed by atoms with Gasteiger partial charge >= 0.3 is 5.97 Å². The first-order chi connectivity index (χ1) is 5.15. The summed E-state index contributed by atoms with van der Waals surface area (Å²) in [5, 5.41) is 8.63. The Kier molecular flexibility index (Phi) is 5.59. The van der Waals surface area contributed by atoms with Crippen LogP contribution in [0.5, 0.6) is 0 Å². The Morgan fingerprint density at radius 1 is 1.38 bits per heavy atom. The van der Waals surface area contributed by atoms with E-state index in [0.717, 1.165) is 0 Å². The fourth-order valence-corrected chi connectivity index (χ4v) is 0.428. The monoisotopic (exact) mass is 211 g/mol. The van der Waals surface area contributed by atoms with Gasteiger partial charge in [0.1, 0.15) is 5.54 Å². The Labute approximate surface area is 84.9 Å². The van der Waals surface area contributed by atoms with E-state index < -0.39 is 11.5 Å². The third-order valence-corrected chi connectivity index (χ3v) is 1.29. The number of hydrogen-bond acceptors (Lipinski definition) is 3. The molecule has 0 amide bonds. The smallest absolute Gasteiger partial charge is 0.325 e. The van der Waals surface area contributed by atoms with Crippen LogP contribution in [0.4, 0.5) is 0 Å². The van der Waals surface area contributed by atoms with E-state index in [4.69, 9.17) is 15.6 Å². The van der Waals surface area contributed by atoms with Crippen LogP contribution < -0.4 is 5.73 Å². The number of carboxylic acid groups (broad SMARTS) is 1. The average molecular weight is 212 g/mol. The summed E-state index contributed by atoms with van der Waals surface area (Å²) in [6.45, 7) is 7.01. The number of aliphatic carboxylic acids is 1. The lowest BCUT2D eigenvalue weighted by atomic mass is 10.1. The molecule has 0 saturated carbocycles. The molecule has 0 aliphatic carbocycles. The summed E-state index contributed by atoms with van der Waals surface area (Å²) in [6, 6.07) is 0. The highest BCUT2D eigenvalue weighted by atomic mass is 35.5. The second kappa shape index (κ2) is 4.79. The van der Waals surface area contributed by atoms with E-state index in [2.05, 4.69) is 0 Å². The summed E-state index contributed by atoms with van der Waals surface area (Å²) in [6.07, 6.45) is 0. The molecule has 0 unspecified atom stereocenters. The van der Waals surface area contributed by atoms with Crippen molar-refractivity contribution < 1.29 is 14.6 Å². The lowest BCUT2D eigenvalue weighted by Gasteiger charge is -2.26. The van der Waals surface area contributed by atoms with E-state index in [-0.39, 0.29) is 24.6 Å². The topological polar surface area (TPSA) is 72.5 Å². The van der Waals surface area contributed by atoms with Gasteiger partial charge in [-0.15, -0.1) is 12.4 Å². The molecule has 0 aromatic heterocycles. The molecule has 80 valence electrons. The van der Waals surface area contributed by atoms with E-state index in [1.807, 2.05) is 20.8 Å². The number of nitrogens with two attached hydrogens (primary N) is 1. The molecule has 0 saturated heterocycles. The van der Waals surface area contributed by atoms with Gasteiger partial charge in [-0.1, -0.05) is 0 Å². The third-order valence-electron chi connectivity index (χ3n) is 1.29. The predicted molar refractivity (Wildman–Crippen MR) is 53.2 cm³/mol. The Bertz CT molecular complexity index is 175. The van der Waals surface area contributed by atoms with Gasteiger partial charge in [0.15, 0.2) is 0 Å². The van der Waals surface area contributed by atoms with Crippen molar-refractivity contribution in [1.29, 1.82) is 0 Å². The minimum Gasteiger partial charge on any atom is -0.480 e. The molecule has 0 aliphatic heterocycles. The Balaban J connectivity index is 0. The molecule has 0 aliphatic rings. The average Bonchev–Trinajstić information content (AvgIpc) is 1.82. The van der Waals surface area contributed by atoms with Crippen LogP contribution in [0.3, 0.4) is 0 Å². The zero-order valence-corrected chi connectivity index (χ0v) is 9.27. The summed E-state index contributed by atoms with van der Waals surface area (Å²) in [5.41, 5.74) is 3.79. The maximum absolute atomic E-state index is 10.5. The van der Waals surface area contributed by atoms with Crippen LogP contribution in [0, 0.1) is 0 Å². The van der Waals surface area contributed by atoms with Gasteiger partial charge in [0.25, 0.3) is 0 Å². The van der Waals surface area contributed by atoms with Gasteiger partial charge in [-0.05, 0) is 27.7 Å². The summed E-state index contributed by atoms with van der Waals surface area (Å²) < 4.78 is 5.25. The van der Waals surface area contributed by atoms with Crippen LogP contribution in [0.25, 0.3) is 0 Å². The zero-order chi connectivity index (χ0) is 9.99. The maximum atomic E-state index is 10.5. The predicted octanol–water partition coefficient (Wildman–Crippen LogP) is 1.03. The second-order valence-corrected chi connectivity index (χ2v) is 4.12. The SMILES string of the molecule is CC(C)(C)OC[C@](C)(N)C(=O)O.Cl. The molecule has 0 radical (unpaired) electrons. The van der Waals surface area contributed by atoms with Gasteiger partial charge in [-0.25, -0.2) is 0 Å². The minimum atomic E-state index is -1.30. The first-order valence-corrected chi connectivity index (χ1v) is 3.81. The van der Waals surface area contributed by atoms with Gasteiger partial charge in [0.05, 0.1) is 12.2 Å². The van der Waals surface area contributed by atoms with E-state index in [0.29, 0.717) is 0 Å². The van der Waals surface area contributed by atoms with E-state index in [1.54, 1.807) is 0 Å². The molecule has 0 aromatic rings. The molecular weight excluding hydrogens is 194 g/mol. The first kappa shape index (κ1) is 15.2. The van der Waals surface area contributed by atoms with Crippen molar-refractivity contribution in [3.63, 3.8) is 0 Å².